The van der Waals surface area contributed by atoms with Crippen LogP contribution in [0.5, 0.6) is 0 Å². The smallest absolute Gasteiger partial charge is 0.0955 e. The lowest BCUT2D eigenvalue weighted by Crippen LogP contribution is -2.02. The Labute approximate surface area is 99.8 Å². The summed E-state index contributed by atoms with van der Waals surface area (Å²) in [7, 11) is 1.92. The zero-order valence-corrected chi connectivity index (χ0v) is 9.91. The molecule has 4 heteroatoms. The van der Waals surface area contributed by atoms with Gasteiger partial charge in [0.05, 0.1) is 5.69 Å². The Hall–Kier alpha value is -1.32. The molecular formula is C12H14ClN3. The summed E-state index contributed by atoms with van der Waals surface area (Å²) in [6.45, 7) is 0.631. The molecule has 84 valence electrons. The first-order valence-electron chi connectivity index (χ1n) is 5.19. The lowest BCUT2D eigenvalue weighted by Gasteiger charge is -2.00. The molecule has 0 aliphatic heterocycles. The van der Waals surface area contributed by atoms with Crippen LogP contribution in [0.3, 0.4) is 0 Å². The second-order valence-corrected chi connectivity index (χ2v) is 4.16. The predicted molar refractivity (Wildman–Crippen MR) is 66.4 cm³/mol. The quantitative estimate of drug-likeness (QED) is 0.887. The number of hydrogen-bond donors (Lipinski definition) is 1. The highest BCUT2D eigenvalue weighted by Crippen LogP contribution is 2.23. The minimum absolute atomic E-state index is 0.631. The maximum atomic E-state index is 5.86. The summed E-state index contributed by atoms with van der Waals surface area (Å²) in [5, 5.41) is 5.18. The van der Waals surface area contributed by atoms with Gasteiger partial charge in [-0.05, 0) is 30.7 Å². The van der Waals surface area contributed by atoms with E-state index in [1.165, 1.54) is 5.56 Å². The summed E-state index contributed by atoms with van der Waals surface area (Å²) in [4.78, 5) is 0. The van der Waals surface area contributed by atoms with E-state index in [0.717, 1.165) is 22.7 Å². The Morgan fingerprint density at radius 3 is 2.62 bits per heavy atom. The van der Waals surface area contributed by atoms with Crippen molar-refractivity contribution >= 4 is 11.6 Å². The van der Waals surface area contributed by atoms with Gasteiger partial charge in [-0.3, -0.25) is 4.68 Å². The van der Waals surface area contributed by atoms with Crippen molar-refractivity contribution in [3.8, 4) is 11.3 Å². The van der Waals surface area contributed by atoms with Crippen molar-refractivity contribution in [1.29, 1.82) is 0 Å². The zero-order valence-electron chi connectivity index (χ0n) is 9.15. The van der Waals surface area contributed by atoms with Crippen LogP contribution in [0.1, 0.15) is 5.56 Å². The van der Waals surface area contributed by atoms with E-state index >= 15 is 0 Å². The second kappa shape index (κ2) is 4.68. The second-order valence-electron chi connectivity index (χ2n) is 3.72. The molecule has 2 N–H and O–H groups in total. The molecular weight excluding hydrogens is 222 g/mol. The van der Waals surface area contributed by atoms with Crippen molar-refractivity contribution in [1.82, 2.24) is 9.78 Å². The Balaban J connectivity index is 2.42. The van der Waals surface area contributed by atoms with Crippen LogP contribution < -0.4 is 5.73 Å². The molecule has 3 nitrogen and oxygen atoms in total. The normalized spacial score (nSPS) is 10.7. The Kier molecular flexibility index (Phi) is 3.27. The molecule has 0 amide bonds. The van der Waals surface area contributed by atoms with Crippen LogP contribution >= 0.6 is 11.6 Å². The molecule has 1 aromatic carbocycles. The molecule has 16 heavy (non-hydrogen) atoms. The predicted octanol–water partition coefficient (Wildman–Crippen LogP) is 2.24. The van der Waals surface area contributed by atoms with E-state index in [9.17, 15) is 0 Å². The van der Waals surface area contributed by atoms with Gasteiger partial charge < -0.3 is 5.73 Å². The summed E-state index contributed by atoms with van der Waals surface area (Å²) in [6.07, 6.45) is 2.85. The molecule has 0 unspecified atom stereocenters. The van der Waals surface area contributed by atoms with Gasteiger partial charge in [-0.1, -0.05) is 23.7 Å². The minimum atomic E-state index is 0.631. The van der Waals surface area contributed by atoms with Gasteiger partial charge in [0.1, 0.15) is 0 Å². The monoisotopic (exact) mass is 235 g/mol. The Bertz CT molecular complexity index is 474. The average Bonchev–Trinajstić information content (AvgIpc) is 2.61. The molecule has 0 fully saturated rings. The number of nitrogens with zero attached hydrogens (tertiary/aromatic N) is 2. The fourth-order valence-electron chi connectivity index (χ4n) is 1.73. The van der Waals surface area contributed by atoms with Crippen LogP contribution in [0.2, 0.25) is 5.02 Å². The molecule has 0 spiro atoms. The number of hydrogen-bond acceptors (Lipinski definition) is 2. The van der Waals surface area contributed by atoms with E-state index in [-0.39, 0.29) is 0 Å². The van der Waals surface area contributed by atoms with E-state index in [1.54, 1.807) is 0 Å². The lowest BCUT2D eigenvalue weighted by molar-refractivity contribution is 0.769. The van der Waals surface area contributed by atoms with E-state index in [0.29, 0.717) is 6.54 Å². The van der Waals surface area contributed by atoms with Crippen LogP contribution in [0, 0.1) is 0 Å². The third kappa shape index (κ3) is 2.26. The molecule has 0 aliphatic carbocycles. The molecule has 0 radical (unpaired) electrons. The Morgan fingerprint density at radius 1 is 1.31 bits per heavy atom. The van der Waals surface area contributed by atoms with Crippen LogP contribution in [0.4, 0.5) is 0 Å². The van der Waals surface area contributed by atoms with Crippen molar-refractivity contribution in [2.24, 2.45) is 12.8 Å². The third-order valence-corrected chi connectivity index (χ3v) is 2.69. The fourth-order valence-corrected chi connectivity index (χ4v) is 1.85. The van der Waals surface area contributed by atoms with Gasteiger partial charge in [0, 0.05) is 23.8 Å². The van der Waals surface area contributed by atoms with Gasteiger partial charge >= 0.3 is 0 Å². The number of rotatable bonds is 3. The van der Waals surface area contributed by atoms with Crippen molar-refractivity contribution < 1.29 is 0 Å². The van der Waals surface area contributed by atoms with Gasteiger partial charge in [-0.15, -0.1) is 0 Å². The van der Waals surface area contributed by atoms with E-state index in [1.807, 2.05) is 42.2 Å². The van der Waals surface area contributed by atoms with Crippen molar-refractivity contribution in [2.75, 3.05) is 6.54 Å². The average molecular weight is 236 g/mol. The highest BCUT2D eigenvalue weighted by Gasteiger charge is 2.08. The number of aromatic nitrogens is 2. The van der Waals surface area contributed by atoms with Crippen LogP contribution in [0.25, 0.3) is 11.3 Å². The number of nitrogens with two attached hydrogens (primary N) is 1. The van der Waals surface area contributed by atoms with Gasteiger partial charge in [-0.2, -0.15) is 5.10 Å². The van der Waals surface area contributed by atoms with Gasteiger partial charge in [0.25, 0.3) is 0 Å². The zero-order chi connectivity index (χ0) is 11.5. The maximum Gasteiger partial charge on any atom is 0.0955 e. The minimum Gasteiger partial charge on any atom is -0.330 e. The summed E-state index contributed by atoms with van der Waals surface area (Å²) < 4.78 is 1.81. The molecule has 1 aromatic heterocycles. The van der Waals surface area contributed by atoms with Gasteiger partial charge in [0.15, 0.2) is 0 Å². The molecule has 0 bridgehead atoms. The fraction of sp³-hybridized carbons (Fsp3) is 0.250. The number of halogens is 1. The first kappa shape index (κ1) is 11.2. The Morgan fingerprint density at radius 2 is 2.00 bits per heavy atom. The summed E-state index contributed by atoms with van der Waals surface area (Å²) in [5.41, 5.74) is 8.82. The topological polar surface area (TPSA) is 43.8 Å². The van der Waals surface area contributed by atoms with Crippen molar-refractivity contribution in [2.45, 2.75) is 6.42 Å². The first-order valence-corrected chi connectivity index (χ1v) is 5.57. The first-order chi connectivity index (χ1) is 7.70. The number of aryl methyl sites for hydroxylation is 1. The molecule has 2 aromatic rings. The standard InChI is InChI=1S/C12H14ClN3/c1-16-8-10(6-7-14)12(15-16)9-2-4-11(13)5-3-9/h2-5,8H,6-7,14H2,1H3. The largest absolute Gasteiger partial charge is 0.330 e. The summed E-state index contributed by atoms with van der Waals surface area (Å²) in [6, 6.07) is 7.70. The van der Waals surface area contributed by atoms with Crippen molar-refractivity contribution in [3.05, 3.63) is 41.0 Å². The third-order valence-electron chi connectivity index (χ3n) is 2.44. The van der Waals surface area contributed by atoms with Crippen molar-refractivity contribution in [3.63, 3.8) is 0 Å². The summed E-state index contributed by atoms with van der Waals surface area (Å²) >= 11 is 5.86. The molecule has 1 heterocycles. The van der Waals surface area contributed by atoms with Crippen LogP contribution in [-0.4, -0.2) is 16.3 Å². The molecule has 0 aliphatic rings. The van der Waals surface area contributed by atoms with Crippen LogP contribution in [-0.2, 0) is 13.5 Å². The van der Waals surface area contributed by atoms with Gasteiger partial charge in [-0.25, -0.2) is 0 Å². The van der Waals surface area contributed by atoms with E-state index in [2.05, 4.69) is 5.10 Å². The molecule has 0 saturated heterocycles. The highest BCUT2D eigenvalue weighted by molar-refractivity contribution is 6.30. The SMILES string of the molecule is Cn1cc(CCN)c(-c2ccc(Cl)cc2)n1. The van der Waals surface area contributed by atoms with Crippen LogP contribution in [0.15, 0.2) is 30.5 Å². The summed E-state index contributed by atoms with van der Waals surface area (Å²) in [5.74, 6) is 0. The highest BCUT2D eigenvalue weighted by atomic mass is 35.5. The van der Waals surface area contributed by atoms with E-state index in [4.69, 9.17) is 17.3 Å². The maximum absolute atomic E-state index is 5.86. The molecule has 0 saturated carbocycles. The lowest BCUT2D eigenvalue weighted by atomic mass is 10.1. The van der Waals surface area contributed by atoms with E-state index < -0.39 is 0 Å². The molecule has 2 rings (SSSR count). The number of benzene rings is 1. The molecule has 0 atom stereocenters. The van der Waals surface area contributed by atoms with Gasteiger partial charge in [0.2, 0.25) is 0 Å².